The van der Waals surface area contributed by atoms with Gasteiger partial charge in [-0.1, -0.05) is 17.7 Å². The molecule has 0 heterocycles. The van der Waals surface area contributed by atoms with E-state index in [0.29, 0.717) is 17.0 Å². The first-order valence-electron chi connectivity index (χ1n) is 7.83. The summed E-state index contributed by atoms with van der Waals surface area (Å²) in [5.41, 5.74) is 0.942. The number of amides is 1. The molecule has 0 saturated heterocycles. The molecule has 7 nitrogen and oxygen atoms in total. The van der Waals surface area contributed by atoms with Crippen LogP contribution in [0.1, 0.15) is 22.8 Å². The lowest BCUT2D eigenvalue weighted by atomic mass is 10.2. The summed E-state index contributed by atoms with van der Waals surface area (Å²) in [5.74, 6) is -0.724. The molecule has 2 aromatic carbocycles. The second-order valence-corrected chi connectivity index (χ2v) is 5.83. The summed E-state index contributed by atoms with van der Waals surface area (Å²) < 4.78 is 15.4. The quantitative estimate of drug-likeness (QED) is 0.761. The average Bonchev–Trinajstić information content (AvgIpc) is 2.67. The van der Waals surface area contributed by atoms with Crippen molar-refractivity contribution in [2.24, 2.45) is 0 Å². The van der Waals surface area contributed by atoms with Crippen LogP contribution in [0.3, 0.4) is 0 Å². The van der Waals surface area contributed by atoms with Crippen LogP contribution >= 0.6 is 11.6 Å². The third-order valence-electron chi connectivity index (χ3n) is 3.58. The summed E-state index contributed by atoms with van der Waals surface area (Å²) in [7, 11) is 2.84. The average molecular weight is 389 g/mol. The van der Waals surface area contributed by atoms with Crippen molar-refractivity contribution in [1.29, 1.82) is 5.26 Å². The molecule has 2 rings (SSSR count). The molecule has 2 aromatic rings. The Hall–Kier alpha value is -3.24. The van der Waals surface area contributed by atoms with Gasteiger partial charge < -0.3 is 19.5 Å². The minimum atomic E-state index is -1.07. The zero-order valence-electron chi connectivity index (χ0n) is 14.9. The molecule has 1 atom stereocenters. The first kappa shape index (κ1) is 20.1. The predicted molar refractivity (Wildman–Crippen MR) is 99.2 cm³/mol. The van der Waals surface area contributed by atoms with E-state index >= 15 is 0 Å². The van der Waals surface area contributed by atoms with Gasteiger partial charge in [0, 0.05) is 5.69 Å². The van der Waals surface area contributed by atoms with Crippen molar-refractivity contribution < 1.29 is 23.8 Å². The van der Waals surface area contributed by atoms with Crippen molar-refractivity contribution in [3.63, 3.8) is 0 Å². The summed E-state index contributed by atoms with van der Waals surface area (Å²) in [4.78, 5) is 24.6. The Morgan fingerprint density at radius 3 is 2.56 bits per heavy atom. The van der Waals surface area contributed by atoms with Crippen LogP contribution in [-0.4, -0.2) is 32.2 Å². The Kier molecular flexibility index (Phi) is 6.63. The van der Waals surface area contributed by atoms with E-state index in [1.165, 1.54) is 39.3 Å². The maximum Gasteiger partial charge on any atom is 0.339 e. The molecule has 140 valence electrons. The molecule has 0 spiro atoms. The summed E-state index contributed by atoms with van der Waals surface area (Å²) in [6.07, 6.45) is -1.07. The molecule has 0 fully saturated rings. The predicted octanol–water partition coefficient (Wildman–Crippen LogP) is 3.41. The molecule has 0 aliphatic carbocycles. The van der Waals surface area contributed by atoms with Crippen LogP contribution in [0.4, 0.5) is 5.69 Å². The van der Waals surface area contributed by atoms with Gasteiger partial charge in [-0.15, -0.1) is 0 Å². The van der Waals surface area contributed by atoms with E-state index in [1.54, 1.807) is 18.2 Å². The number of carbonyl (C=O) groups is 2. The van der Waals surface area contributed by atoms with Gasteiger partial charge in [0.1, 0.15) is 0 Å². The fourth-order valence-electron chi connectivity index (χ4n) is 2.23. The van der Waals surface area contributed by atoms with Gasteiger partial charge in [-0.05, 0) is 37.3 Å². The van der Waals surface area contributed by atoms with E-state index in [2.05, 4.69) is 5.32 Å². The van der Waals surface area contributed by atoms with Gasteiger partial charge >= 0.3 is 5.97 Å². The Morgan fingerprint density at radius 2 is 1.93 bits per heavy atom. The number of nitrogens with zero attached hydrogens (tertiary/aromatic N) is 1. The number of halogens is 1. The van der Waals surface area contributed by atoms with Gasteiger partial charge in [0.15, 0.2) is 17.6 Å². The zero-order chi connectivity index (χ0) is 20.0. The van der Waals surface area contributed by atoms with Crippen LogP contribution in [0.2, 0.25) is 5.02 Å². The maximum atomic E-state index is 12.3. The van der Waals surface area contributed by atoms with Crippen molar-refractivity contribution in [3.05, 3.63) is 52.5 Å². The second kappa shape index (κ2) is 8.92. The monoisotopic (exact) mass is 388 g/mol. The molecule has 8 heteroatoms. The van der Waals surface area contributed by atoms with Gasteiger partial charge in [0.25, 0.3) is 5.91 Å². The van der Waals surface area contributed by atoms with E-state index in [0.717, 1.165) is 0 Å². The Balaban J connectivity index is 2.09. The van der Waals surface area contributed by atoms with Gasteiger partial charge in [-0.2, -0.15) is 5.26 Å². The van der Waals surface area contributed by atoms with E-state index < -0.39 is 18.0 Å². The summed E-state index contributed by atoms with van der Waals surface area (Å²) in [5, 5.41) is 11.7. The van der Waals surface area contributed by atoms with Crippen LogP contribution < -0.4 is 14.8 Å². The van der Waals surface area contributed by atoms with Crippen LogP contribution in [0, 0.1) is 11.3 Å². The zero-order valence-corrected chi connectivity index (χ0v) is 15.7. The lowest BCUT2D eigenvalue weighted by molar-refractivity contribution is -0.123. The van der Waals surface area contributed by atoms with Crippen molar-refractivity contribution >= 4 is 29.2 Å². The number of hydrogen-bond acceptors (Lipinski definition) is 6. The van der Waals surface area contributed by atoms with Gasteiger partial charge in [-0.3, -0.25) is 4.79 Å². The summed E-state index contributed by atoms with van der Waals surface area (Å²) in [6.45, 7) is 1.43. The molecule has 0 saturated carbocycles. The third-order valence-corrected chi connectivity index (χ3v) is 3.86. The number of ether oxygens (including phenoxy) is 3. The lowest BCUT2D eigenvalue weighted by Crippen LogP contribution is -2.30. The number of anilines is 1. The molecule has 1 unspecified atom stereocenters. The van der Waals surface area contributed by atoms with Gasteiger partial charge in [0.2, 0.25) is 0 Å². The smallest absolute Gasteiger partial charge is 0.339 e. The van der Waals surface area contributed by atoms with Crippen LogP contribution in [-0.2, 0) is 9.53 Å². The molecule has 1 amide bonds. The number of rotatable bonds is 6. The highest BCUT2D eigenvalue weighted by Crippen LogP contribution is 2.36. The van der Waals surface area contributed by atoms with E-state index in [4.69, 9.17) is 31.1 Å². The van der Waals surface area contributed by atoms with Crippen molar-refractivity contribution in [2.45, 2.75) is 13.0 Å². The number of methoxy groups -OCH3 is 2. The number of benzene rings is 2. The largest absolute Gasteiger partial charge is 0.493 e. The first-order valence-corrected chi connectivity index (χ1v) is 8.21. The number of nitriles is 1. The van der Waals surface area contributed by atoms with E-state index in [-0.39, 0.29) is 16.3 Å². The third kappa shape index (κ3) is 4.90. The molecule has 0 bridgehead atoms. The topological polar surface area (TPSA) is 97.6 Å². The number of esters is 1. The molecular weight excluding hydrogens is 372 g/mol. The first-order chi connectivity index (χ1) is 12.9. The SMILES string of the molecule is COc1cc(C(=O)OC(C)C(=O)Nc2cccc(C#N)c2)cc(Cl)c1OC. The van der Waals surface area contributed by atoms with Gasteiger partial charge in [0.05, 0.1) is 36.4 Å². The van der Waals surface area contributed by atoms with Crippen molar-refractivity contribution in [1.82, 2.24) is 0 Å². The van der Waals surface area contributed by atoms with Crippen LogP contribution in [0.5, 0.6) is 11.5 Å². The van der Waals surface area contributed by atoms with E-state index in [9.17, 15) is 9.59 Å². The molecule has 27 heavy (non-hydrogen) atoms. The molecular formula is C19H17ClN2O5. The van der Waals surface area contributed by atoms with Crippen molar-refractivity contribution in [2.75, 3.05) is 19.5 Å². The van der Waals surface area contributed by atoms with Crippen LogP contribution in [0.25, 0.3) is 0 Å². The second-order valence-electron chi connectivity index (χ2n) is 5.42. The standard InChI is InChI=1S/C19H17ClN2O5/c1-11(18(23)22-14-6-4-5-12(7-14)10-21)27-19(24)13-8-15(20)17(26-3)16(9-13)25-2/h4-9,11H,1-3H3,(H,22,23). The summed E-state index contributed by atoms with van der Waals surface area (Å²) in [6, 6.07) is 11.1. The number of carbonyl (C=O) groups excluding carboxylic acids is 2. The van der Waals surface area contributed by atoms with Crippen molar-refractivity contribution in [3.8, 4) is 17.6 Å². The van der Waals surface area contributed by atoms with E-state index in [1.807, 2.05) is 6.07 Å². The molecule has 0 aliphatic rings. The van der Waals surface area contributed by atoms with Gasteiger partial charge in [-0.25, -0.2) is 4.79 Å². The number of hydrogen-bond donors (Lipinski definition) is 1. The minimum Gasteiger partial charge on any atom is -0.493 e. The molecule has 1 N–H and O–H groups in total. The highest BCUT2D eigenvalue weighted by atomic mass is 35.5. The normalized spacial score (nSPS) is 11.1. The Labute approximate surface area is 161 Å². The fourth-order valence-corrected chi connectivity index (χ4v) is 2.52. The molecule has 0 aromatic heterocycles. The highest BCUT2D eigenvalue weighted by molar-refractivity contribution is 6.32. The highest BCUT2D eigenvalue weighted by Gasteiger charge is 2.21. The Morgan fingerprint density at radius 1 is 1.19 bits per heavy atom. The molecule has 0 aliphatic heterocycles. The lowest BCUT2D eigenvalue weighted by Gasteiger charge is -2.15. The fraction of sp³-hybridized carbons (Fsp3) is 0.211. The minimum absolute atomic E-state index is 0.115. The van der Waals surface area contributed by atoms with Crippen LogP contribution in [0.15, 0.2) is 36.4 Å². The summed E-state index contributed by atoms with van der Waals surface area (Å²) >= 11 is 6.07. The number of nitrogens with one attached hydrogen (secondary N) is 1. The Bertz CT molecular complexity index is 907. The molecule has 0 radical (unpaired) electrons. The maximum absolute atomic E-state index is 12.3.